The van der Waals surface area contributed by atoms with Crippen LogP contribution in [0.3, 0.4) is 0 Å². The van der Waals surface area contributed by atoms with Crippen LogP contribution in [0.4, 0.5) is 0 Å². The van der Waals surface area contributed by atoms with Crippen molar-refractivity contribution in [3.63, 3.8) is 0 Å². The Hall–Kier alpha value is -0.990. The first-order valence-electron chi connectivity index (χ1n) is 2.60. The highest BCUT2D eigenvalue weighted by Crippen LogP contribution is 1.94. The standard InChI is InChI=1S/C6H8O3/c1-5(9)2-6(3-7)4-8/h3-4,6H,2H2,1H3. The van der Waals surface area contributed by atoms with Crippen LogP contribution in [0.15, 0.2) is 0 Å². The van der Waals surface area contributed by atoms with E-state index >= 15 is 0 Å². The fourth-order valence-corrected chi connectivity index (χ4v) is 0.460. The minimum Gasteiger partial charge on any atom is -0.303 e. The summed E-state index contributed by atoms with van der Waals surface area (Å²) in [7, 11) is 0. The van der Waals surface area contributed by atoms with Crippen LogP contribution >= 0.6 is 0 Å². The summed E-state index contributed by atoms with van der Waals surface area (Å²) in [6, 6.07) is 0. The first-order valence-corrected chi connectivity index (χ1v) is 2.60. The van der Waals surface area contributed by atoms with Gasteiger partial charge in [0.25, 0.3) is 0 Å². The van der Waals surface area contributed by atoms with Gasteiger partial charge >= 0.3 is 0 Å². The van der Waals surface area contributed by atoms with Crippen molar-refractivity contribution in [2.24, 2.45) is 5.92 Å². The molecule has 3 nitrogen and oxygen atoms in total. The number of Topliss-reactive ketones (excluding diaryl/α,β-unsaturated/α-hetero) is 1. The highest BCUT2D eigenvalue weighted by atomic mass is 16.1. The molecule has 50 valence electrons. The fraction of sp³-hybridized carbons (Fsp3) is 0.500. The second-order valence-electron chi connectivity index (χ2n) is 1.84. The third-order valence-corrected chi connectivity index (χ3v) is 0.873. The Balaban J connectivity index is 3.68. The molecule has 0 aromatic rings. The quantitative estimate of drug-likeness (QED) is 0.395. The third kappa shape index (κ3) is 3.58. The Morgan fingerprint density at radius 1 is 1.44 bits per heavy atom. The van der Waals surface area contributed by atoms with E-state index in [1.54, 1.807) is 0 Å². The molecule has 0 saturated heterocycles. The smallest absolute Gasteiger partial charge is 0.130 e. The van der Waals surface area contributed by atoms with Crippen molar-refractivity contribution in [3.8, 4) is 0 Å². The predicted molar refractivity (Wildman–Crippen MR) is 30.9 cm³/mol. The van der Waals surface area contributed by atoms with Crippen molar-refractivity contribution in [2.75, 3.05) is 0 Å². The van der Waals surface area contributed by atoms with Gasteiger partial charge in [0.1, 0.15) is 18.4 Å². The van der Waals surface area contributed by atoms with Crippen LogP contribution in [0.1, 0.15) is 13.3 Å². The summed E-state index contributed by atoms with van der Waals surface area (Å²) in [4.78, 5) is 30.0. The second-order valence-corrected chi connectivity index (χ2v) is 1.84. The lowest BCUT2D eigenvalue weighted by Gasteiger charge is -1.93. The zero-order valence-corrected chi connectivity index (χ0v) is 5.16. The molecule has 0 fully saturated rings. The van der Waals surface area contributed by atoms with Crippen LogP contribution in [0, 0.1) is 5.92 Å². The predicted octanol–water partition coefficient (Wildman–Crippen LogP) is -0.0205. The highest BCUT2D eigenvalue weighted by molar-refractivity contribution is 5.86. The summed E-state index contributed by atoms with van der Waals surface area (Å²) in [5.74, 6) is -0.873. The summed E-state index contributed by atoms with van der Waals surface area (Å²) >= 11 is 0. The minimum absolute atomic E-state index is 0.0347. The molecule has 0 aliphatic rings. The molecule has 0 radical (unpaired) electrons. The van der Waals surface area contributed by atoms with Crippen molar-refractivity contribution in [1.29, 1.82) is 0 Å². The van der Waals surface area contributed by atoms with E-state index in [4.69, 9.17) is 0 Å². The van der Waals surface area contributed by atoms with Gasteiger partial charge in [0, 0.05) is 6.42 Å². The van der Waals surface area contributed by atoms with E-state index in [-0.39, 0.29) is 12.2 Å². The minimum atomic E-state index is -0.734. The van der Waals surface area contributed by atoms with Crippen molar-refractivity contribution in [2.45, 2.75) is 13.3 Å². The zero-order valence-electron chi connectivity index (χ0n) is 5.16. The van der Waals surface area contributed by atoms with E-state index in [1.807, 2.05) is 0 Å². The average molecular weight is 128 g/mol. The number of hydrogen-bond donors (Lipinski definition) is 0. The first kappa shape index (κ1) is 8.01. The fourth-order valence-electron chi connectivity index (χ4n) is 0.460. The van der Waals surface area contributed by atoms with Crippen molar-refractivity contribution >= 4 is 18.4 Å². The highest BCUT2D eigenvalue weighted by Gasteiger charge is 2.06. The van der Waals surface area contributed by atoms with Crippen LogP contribution in [0.2, 0.25) is 0 Å². The van der Waals surface area contributed by atoms with E-state index in [0.717, 1.165) is 0 Å². The maximum Gasteiger partial charge on any atom is 0.130 e. The number of hydrogen-bond acceptors (Lipinski definition) is 3. The first-order chi connectivity index (χ1) is 4.20. The Morgan fingerprint density at radius 3 is 2.00 bits per heavy atom. The normalized spacial score (nSPS) is 9.11. The number of aldehydes is 2. The van der Waals surface area contributed by atoms with Gasteiger partial charge < -0.3 is 9.59 Å². The molecule has 0 N–H and O–H groups in total. The van der Waals surface area contributed by atoms with Crippen LogP contribution < -0.4 is 0 Å². The van der Waals surface area contributed by atoms with Crippen molar-refractivity contribution < 1.29 is 14.4 Å². The summed E-state index contributed by atoms with van der Waals surface area (Å²) in [6.45, 7) is 1.35. The molecule has 0 rings (SSSR count). The molecule has 0 bridgehead atoms. The maximum absolute atomic E-state index is 10.3. The largest absolute Gasteiger partial charge is 0.303 e. The molecule has 0 aromatic carbocycles. The van der Waals surface area contributed by atoms with Crippen molar-refractivity contribution in [1.82, 2.24) is 0 Å². The van der Waals surface area contributed by atoms with Gasteiger partial charge in [0.2, 0.25) is 0 Å². The molecule has 0 spiro atoms. The Morgan fingerprint density at radius 2 is 1.89 bits per heavy atom. The molecule has 0 atom stereocenters. The summed E-state index contributed by atoms with van der Waals surface area (Å²) in [5, 5.41) is 0. The van der Waals surface area contributed by atoms with Gasteiger partial charge in [0.05, 0.1) is 5.92 Å². The summed E-state index contributed by atoms with van der Waals surface area (Å²) in [6.07, 6.45) is 0.996. The lowest BCUT2D eigenvalue weighted by Crippen LogP contribution is -2.07. The van der Waals surface area contributed by atoms with Crippen LogP contribution in [-0.2, 0) is 14.4 Å². The van der Waals surface area contributed by atoms with Gasteiger partial charge in [0.15, 0.2) is 0 Å². The van der Waals surface area contributed by atoms with Gasteiger partial charge in [-0.05, 0) is 6.92 Å². The molecule has 0 aliphatic carbocycles. The molecule has 0 unspecified atom stereocenters. The summed E-state index contributed by atoms with van der Waals surface area (Å²) < 4.78 is 0. The van der Waals surface area contributed by atoms with Gasteiger partial charge in [-0.25, -0.2) is 0 Å². The maximum atomic E-state index is 10.3. The molecule has 0 amide bonds. The monoisotopic (exact) mass is 128 g/mol. The molecule has 3 heteroatoms. The third-order valence-electron chi connectivity index (χ3n) is 0.873. The Labute approximate surface area is 53.0 Å². The van der Waals surface area contributed by atoms with Gasteiger partial charge in [-0.2, -0.15) is 0 Å². The van der Waals surface area contributed by atoms with E-state index in [1.165, 1.54) is 6.92 Å². The molecular formula is C6H8O3. The number of ketones is 1. The lowest BCUT2D eigenvalue weighted by molar-refractivity contribution is -0.125. The SMILES string of the molecule is CC(=O)CC(C=O)C=O. The van der Waals surface area contributed by atoms with Gasteiger partial charge in [-0.15, -0.1) is 0 Å². The molecule has 0 aromatic heterocycles. The zero-order chi connectivity index (χ0) is 7.28. The number of rotatable bonds is 4. The van der Waals surface area contributed by atoms with Gasteiger partial charge in [-0.3, -0.25) is 4.79 Å². The van der Waals surface area contributed by atoms with E-state index in [2.05, 4.69) is 0 Å². The van der Waals surface area contributed by atoms with Crippen LogP contribution in [0.5, 0.6) is 0 Å². The molecule has 0 aliphatic heterocycles. The van der Waals surface area contributed by atoms with E-state index < -0.39 is 5.92 Å². The molecule has 0 saturated carbocycles. The Bertz CT molecular complexity index is 120. The molecule has 9 heavy (non-hydrogen) atoms. The van der Waals surface area contributed by atoms with E-state index in [0.29, 0.717) is 12.6 Å². The van der Waals surface area contributed by atoms with Gasteiger partial charge in [-0.1, -0.05) is 0 Å². The number of carbonyl (C=O) groups is 3. The molecular weight excluding hydrogens is 120 g/mol. The Kier molecular flexibility index (Phi) is 3.51. The van der Waals surface area contributed by atoms with Crippen molar-refractivity contribution in [3.05, 3.63) is 0 Å². The van der Waals surface area contributed by atoms with Crippen LogP contribution in [-0.4, -0.2) is 18.4 Å². The van der Waals surface area contributed by atoms with E-state index in [9.17, 15) is 14.4 Å². The molecule has 0 heterocycles. The van der Waals surface area contributed by atoms with Crippen LogP contribution in [0.25, 0.3) is 0 Å². The lowest BCUT2D eigenvalue weighted by atomic mass is 10.1. The topological polar surface area (TPSA) is 51.2 Å². The summed E-state index contributed by atoms with van der Waals surface area (Å²) in [5.41, 5.74) is 0. The average Bonchev–Trinajstić information content (AvgIpc) is 1.82. The number of carbonyl (C=O) groups excluding carboxylic acids is 3. The second kappa shape index (κ2) is 3.95.